The quantitative estimate of drug-likeness (QED) is 0.584. The minimum Gasteiger partial charge on any atom is -0.325 e. The molecule has 0 saturated carbocycles. The van der Waals surface area contributed by atoms with E-state index in [9.17, 15) is 4.79 Å². The van der Waals surface area contributed by atoms with Crippen LogP contribution < -0.4 is 10.6 Å². The van der Waals surface area contributed by atoms with E-state index < -0.39 is 0 Å². The number of hydrogen-bond acceptors (Lipinski definition) is 2. The van der Waals surface area contributed by atoms with E-state index in [1.165, 1.54) is 0 Å². The van der Waals surface area contributed by atoms with E-state index in [1.54, 1.807) is 6.07 Å². The molecular weight excluding hydrogens is 363 g/mol. The van der Waals surface area contributed by atoms with Gasteiger partial charge in [-0.05, 0) is 53.8 Å². The van der Waals surface area contributed by atoms with Crippen LogP contribution in [0, 0.1) is 3.57 Å². The van der Waals surface area contributed by atoms with Gasteiger partial charge in [0.1, 0.15) is 0 Å². The molecule has 1 rings (SSSR count). The van der Waals surface area contributed by atoms with Crippen molar-refractivity contribution >= 4 is 45.8 Å². The Morgan fingerprint density at radius 2 is 2.17 bits per heavy atom. The molecule has 1 amide bonds. The lowest BCUT2D eigenvalue weighted by Gasteiger charge is -2.09. The van der Waals surface area contributed by atoms with Gasteiger partial charge in [-0.15, -0.1) is 0 Å². The van der Waals surface area contributed by atoms with Crippen LogP contribution in [0.15, 0.2) is 18.2 Å². The lowest BCUT2D eigenvalue weighted by atomic mass is 10.2. The number of carbonyl (C=O) groups excluding carboxylic acids is 1. The topological polar surface area (TPSA) is 41.1 Å². The first kappa shape index (κ1) is 15.7. The number of carbonyl (C=O) groups is 1. The van der Waals surface area contributed by atoms with Gasteiger partial charge in [-0.2, -0.15) is 0 Å². The highest BCUT2D eigenvalue weighted by molar-refractivity contribution is 14.1. The van der Waals surface area contributed by atoms with E-state index >= 15 is 0 Å². The van der Waals surface area contributed by atoms with Gasteiger partial charge in [0.05, 0.1) is 10.7 Å². The van der Waals surface area contributed by atoms with Gasteiger partial charge in [0.15, 0.2) is 0 Å². The van der Waals surface area contributed by atoms with Crippen molar-refractivity contribution in [3.8, 4) is 0 Å². The molecule has 1 aromatic rings. The van der Waals surface area contributed by atoms with Gasteiger partial charge in [0.2, 0.25) is 5.91 Å². The molecule has 1 aromatic carbocycles. The number of amides is 1. The minimum atomic E-state index is 0.00413. The molecule has 100 valence electrons. The van der Waals surface area contributed by atoms with Gasteiger partial charge in [0.25, 0.3) is 0 Å². The maximum absolute atomic E-state index is 11.7. The molecular formula is C13H18ClIN2O. The maximum atomic E-state index is 11.7. The van der Waals surface area contributed by atoms with Gasteiger partial charge in [0, 0.05) is 16.0 Å². The maximum Gasteiger partial charge on any atom is 0.224 e. The zero-order valence-electron chi connectivity index (χ0n) is 10.6. The van der Waals surface area contributed by atoms with E-state index in [0.717, 1.165) is 16.5 Å². The molecule has 0 aliphatic rings. The van der Waals surface area contributed by atoms with Crippen LogP contribution in [0.2, 0.25) is 5.02 Å². The summed E-state index contributed by atoms with van der Waals surface area (Å²) in [5, 5.41) is 6.69. The van der Waals surface area contributed by atoms with Crippen molar-refractivity contribution < 1.29 is 4.79 Å². The van der Waals surface area contributed by atoms with Crippen LogP contribution in [-0.2, 0) is 4.79 Å². The Bertz CT molecular complexity index is 410. The van der Waals surface area contributed by atoms with Crippen LogP contribution in [-0.4, -0.2) is 18.5 Å². The average molecular weight is 381 g/mol. The predicted molar refractivity (Wildman–Crippen MR) is 85.2 cm³/mol. The molecule has 0 fully saturated rings. The smallest absolute Gasteiger partial charge is 0.224 e. The highest BCUT2D eigenvalue weighted by atomic mass is 127. The molecule has 0 heterocycles. The van der Waals surface area contributed by atoms with Crippen LogP contribution in [0.3, 0.4) is 0 Å². The third kappa shape index (κ3) is 6.02. The van der Waals surface area contributed by atoms with Gasteiger partial charge in [-0.25, -0.2) is 0 Å². The van der Waals surface area contributed by atoms with Crippen LogP contribution in [0.5, 0.6) is 0 Å². The molecule has 18 heavy (non-hydrogen) atoms. The number of hydrogen-bond donors (Lipinski definition) is 2. The largest absolute Gasteiger partial charge is 0.325 e. The Kier molecular flexibility index (Phi) is 6.96. The molecule has 0 aromatic heterocycles. The Hall–Kier alpha value is -0.330. The SMILES string of the molecule is CC(C)NCCCC(=O)Nc1cc(I)ccc1Cl. The molecule has 0 aliphatic carbocycles. The summed E-state index contributed by atoms with van der Waals surface area (Å²) in [5.41, 5.74) is 0.686. The highest BCUT2D eigenvalue weighted by Crippen LogP contribution is 2.23. The van der Waals surface area contributed by atoms with Crippen LogP contribution in [0.4, 0.5) is 5.69 Å². The van der Waals surface area contributed by atoms with Crippen LogP contribution >= 0.6 is 34.2 Å². The molecule has 0 bridgehead atoms. The summed E-state index contributed by atoms with van der Waals surface area (Å²) in [7, 11) is 0. The first-order valence-corrected chi connectivity index (χ1v) is 7.43. The fourth-order valence-electron chi connectivity index (χ4n) is 1.45. The third-order valence-electron chi connectivity index (χ3n) is 2.34. The molecule has 0 unspecified atom stereocenters. The summed E-state index contributed by atoms with van der Waals surface area (Å²) < 4.78 is 1.05. The Balaban J connectivity index is 2.38. The molecule has 2 N–H and O–H groups in total. The molecule has 0 saturated heterocycles. The third-order valence-corrected chi connectivity index (χ3v) is 3.34. The normalized spacial score (nSPS) is 10.7. The Morgan fingerprint density at radius 3 is 2.83 bits per heavy atom. The van der Waals surface area contributed by atoms with Crippen molar-refractivity contribution in [3.05, 3.63) is 26.8 Å². The number of nitrogens with one attached hydrogen (secondary N) is 2. The van der Waals surface area contributed by atoms with Crippen molar-refractivity contribution in [1.82, 2.24) is 5.32 Å². The average Bonchev–Trinajstić information content (AvgIpc) is 2.29. The monoisotopic (exact) mass is 380 g/mol. The van der Waals surface area contributed by atoms with Crippen molar-refractivity contribution in [1.29, 1.82) is 0 Å². The minimum absolute atomic E-state index is 0.00413. The Morgan fingerprint density at radius 1 is 1.44 bits per heavy atom. The van der Waals surface area contributed by atoms with Crippen molar-refractivity contribution in [2.45, 2.75) is 32.7 Å². The summed E-state index contributed by atoms with van der Waals surface area (Å²) in [6.07, 6.45) is 1.33. The van der Waals surface area contributed by atoms with Crippen molar-refractivity contribution in [2.24, 2.45) is 0 Å². The number of anilines is 1. The zero-order valence-corrected chi connectivity index (χ0v) is 13.5. The molecule has 0 spiro atoms. The molecule has 5 heteroatoms. The highest BCUT2D eigenvalue weighted by Gasteiger charge is 2.06. The number of rotatable bonds is 6. The zero-order chi connectivity index (χ0) is 13.5. The van der Waals surface area contributed by atoms with Gasteiger partial charge in [-0.3, -0.25) is 4.79 Å². The molecule has 3 nitrogen and oxygen atoms in total. The second kappa shape index (κ2) is 7.96. The second-order valence-corrected chi connectivity index (χ2v) is 6.04. The molecule has 0 atom stereocenters. The Labute approximate surface area is 127 Å². The summed E-state index contributed by atoms with van der Waals surface area (Å²) >= 11 is 8.20. The van der Waals surface area contributed by atoms with Crippen molar-refractivity contribution in [2.75, 3.05) is 11.9 Å². The summed E-state index contributed by atoms with van der Waals surface area (Å²) in [5.74, 6) is 0.00413. The first-order chi connectivity index (χ1) is 8.49. The van der Waals surface area contributed by atoms with E-state index in [4.69, 9.17) is 11.6 Å². The fourth-order valence-corrected chi connectivity index (χ4v) is 2.10. The van der Waals surface area contributed by atoms with E-state index in [0.29, 0.717) is 23.2 Å². The number of halogens is 2. The van der Waals surface area contributed by atoms with Crippen LogP contribution in [0.25, 0.3) is 0 Å². The molecule has 0 aliphatic heterocycles. The van der Waals surface area contributed by atoms with Crippen LogP contribution in [0.1, 0.15) is 26.7 Å². The first-order valence-electron chi connectivity index (χ1n) is 5.97. The van der Waals surface area contributed by atoms with E-state index in [-0.39, 0.29) is 5.91 Å². The summed E-state index contributed by atoms with van der Waals surface area (Å²) in [6, 6.07) is 6.02. The lowest BCUT2D eigenvalue weighted by molar-refractivity contribution is -0.116. The fraction of sp³-hybridized carbons (Fsp3) is 0.462. The standard InChI is InChI=1S/C13H18ClIN2O/c1-9(2)16-7-3-4-13(18)17-12-8-10(15)5-6-11(12)14/h5-6,8-9,16H,3-4,7H2,1-2H3,(H,17,18). The predicted octanol–water partition coefficient (Wildman–Crippen LogP) is 3.66. The van der Waals surface area contributed by atoms with Crippen molar-refractivity contribution in [3.63, 3.8) is 0 Å². The van der Waals surface area contributed by atoms with Gasteiger partial charge >= 0.3 is 0 Å². The summed E-state index contributed by atoms with van der Waals surface area (Å²) in [6.45, 7) is 5.03. The van der Waals surface area contributed by atoms with E-state index in [1.807, 2.05) is 12.1 Å². The van der Waals surface area contributed by atoms with E-state index in [2.05, 4.69) is 47.1 Å². The lowest BCUT2D eigenvalue weighted by Crippen LogP contribution is -2.24. The number of benzene rings is 1. The second-order valence-electron chi connectivity index (χ2n) is 4.38. The van der Waals surface area contributed by atoms with Gasteiger partial charge < -0.3 is 10.6 Å². The molecule has 0 radical (unpaired) electrons. The summed E-state index contributed by atoms with van der Waals surface area (Å²) in [4.78, 5) is 11.7. The van der Waals surface area contributed by atoms with Gasteiger partial charge in [-0.1, -0.05) is 25.4 Å².